The van der Waals surface area contributed by atoms with Crippen molar-refractivity contribution in [3.8, 4) is 0 Å². The molecule has 0 aromatic rings. The van der Waals surface area contributed by atoms with Crippen molar-refractivity contribution in [1.29, 1.82) is 0 Å². The number of nitrogens with zero attached hydrogens (tertiary/aromatic N) is 1. The summed E-state index contributed by atoms with van der Waals surface area (Å²) in [6.07, 6.45) is 1.84. The largest absolute Gasteiger partial charge is 0.467 e. The highest BCUT2D eigenvalue weighted by molar-refractivity contribution is 6.01. The minimum atomic E-state index is -1.03. The first-order valence-electron chi connectivity index (χ1n) is 4.44. The lowest BCUT2D eigenvalue weighted by Gasteiger charge is -2.23. The molecule has 14 heavy (non-hydrogen) atoms. The van der Waals surface area contributed by atoms with E-state index in [-0.39, 0.29) is 6.04 Å². The van der Waals surface area contributed by atoms with Gasteiger partial charge in [-0.3, -0.25) is 10.6 Å². The number of likely N-dealkylation sites (N-methyl/N-ethyl adjacent to an activating group) is 1. The lowest BCUT2D eigenvalue weighted by molar-refractivity contribution is -0.152. The van der Waals surface area contributed by atoms with Crippen LogP contribution in [0.5, 0.6) is 0 Å². The van der Waals surface area contributed by atoms with Crippen molar-refractivity contribution in [2.45, 2.75) is 24.9 Å². The number of methoxy groups -OCH3 is 1. The molecule has 1 atom stereocenters. The maximum absolute atomic E-state index is 11.4. The Kier molecular flexibility index (Phi) is 3.43. The second-order valence-corrected chi connectivity index (χ2v) is 3.22. The van der Waals surface area contributed by atoms with Crippen molar-refractivity contribution in [2.24, 2.45) is 5.84 Å². The molecule has 1 aliphatic carbocycles. The van der Waals surface area contributed by atoms with Gasteiger partial charge in [-0.15, -0.1) is 0 Å². The number of hydrazine groups is 1. The van der Waals surface area contributed by atoms with Gasteiger partial charge in [-0.1, -0.05) is 0 Å². The van der Waals surface area contributed by atoms with Crippen LogP contribution in [0.25, 0.3) is 0 Å². The lowest BCUT2D eigenvalue weighted by Crippen LogP contribution is -2.55. The quantitative estimate of drug-likeness (QED) is 0.253. The number of carbonyl (C=O) groups is 2. The second kappa shape index (κ2) is 4.39. The standard InChI is InChI=1S/C8H15N3O3/c1-10-7(12)6(8(13)14-2)11(9)5-3-4-5/h5-6H,3-4,9H2,1-2H3,(H,10,12). The number of amides is 1. The molecule has 1 saturated carbocycles. The van der Waals surface area contributed by atoms with Crippen molar-refractivity contribution in [3.05, 3.63) is 0 Å². The number of ether oxygens (including phenoxy) is 1. The van der Waals surface area contributed by atoms with Crippen molar-refractivity contribution >= 4 is 11.9 Å². The maximum atomic E-state index is 11.4. The van der Waals surface area contributed by atoms with Crippen molar-refractivity contribution in [3.63, 3.8) is 0 Å². The van der Waals surface area contributed by atoms with Crippen LogP contribution in [0.2, 0.25) is 0 Å². The van der Waals surface area contributed by atoms with E-state index in [1.807, 2.05) is 0 Å². The topological polar surface area (TPSA) is 84.7 Å². The third-order valence-electron chi connectivity index (χ3n) is 2.19. The molecule has 1 fully saturated rings. The van der Waals surface area contributed by atoms with E-state index >= 15 is 0 Å². The number of nitrogens with two attached hydrogens (primary N) is 1. The summed E-state index contributed by atoms with van der Waals surface area (Å²) in [7, 11) is 2.69. The van der Waals surface area contributed by atoms with E-state index in [0.717, 1.165) is 12.8 Å². The summed E-state index contributed by atoms with van der Waals surface area (Å²) in [6.45, 7) is 0. The second-order valence-electron chi connectivity index (χ2n) is 3.22. The third-order valence-corrected chi connectivity index (χ3v) is 2.19. The molecule has 0 heterocycles. The predicted octanol–water partition coefficient (Wildman–Crippen LogP) is -1.39. The third kappa shape index (κ3) is 2.21. The van der Waals surface area contributed by atoms with Gasteiger partial charge in [-0.2, -0.15) is 0 Å². The van der Waals surface area contributed by atoms with Crippen LogP contribution in [0.3, 0.4) is 0 Å². The van der Waals surface area contributed by atoms with Gasteiger partial charge in [0.1, 0.15) is 0 Å². The zero-order valence-corrected chi connectivity index (χ0v) is 8.32. The highest BCUT2D eigenvalue weighted by Gasteiger charge is 2.40. The van der Waals surface area contributed by atoms with Crippen LogP contribution in [0.4, 0.5) is 0 Å². The summed E-state index contributed by atoms with van der Waals surface area (Å²) in [6, 6.07) is -0.908. The first-order valence-corrected chi connectivity index (χ1v) is 4.44. The number of hydrogen-bond acceptors (Lipinski definition) is 5. The molecule has 1 rings (SSSR count). The van der Waals surface area contributed by atoms with Gasteiger partial charge in [0, 0.05) is 13.1 Å². The Hall–Kier alpha value is -1.14. The summed E-state index contributed by atoms with van der Waals surface area (Å²) < 4.78 is 4.51. The van der Waals surface area contributed by atoms with Crippen LogP contribution in [-0.4, -0.2) is 43.1 Å². The molecule has 0 aliphatic heterocycles. The molecule has 0 saturated heterocycles. The Morgan fingerprint density at radius 1 is 1.57 bits per heavy atom. The van der Waals surface area contributed by atoms with Crippen molar-refractivity contribution in [2.75, 3.05) is 14.2 Å². The van der Waals surface area contributed by atoms with Gasteiger partial charge >= 0.3 is 5.97 Å². The van der Waals surface area contributed by atoms with Crippen LogP contribution >= 0.6 is 0 Å². The van der Waals surface area contributed by atoms with E-state index in [4.69, 9.17) is 5.84 Å². The summed E-state index contributed by atoms with van der Waals surface area (Å²) in [5.74, 6) is 4.58. The number of nitrogens with one attached hydrogen (secondary N) is 1. The van der Waals surface area contributed by atoms with E-state index in [1.165, 1.54) is 19.2 Å². The first kappa shape index (κ1) is 10.9. The summed E-state index contributed by atoms with van der Waals surface area (Å²) >= 11 is 0. The van der Waals surface area contributed by atoms with Crippen LogP contribution < -0.4 is 11.2 Å². The maximum Gasteiger partial charge on any atom is 0.334 e. The van der Waals surface area contributed by atoms with Crippen LogP contribution in [0.1, 0.15) is 12.8 Å². The summed E-state index contributed by atoms with van der Waals surface area (Å²) in [4.78, 5) is 22.6. The van der Waals surface area contributed by atoms with Gasteiger partial charge in [-0.25, -0.2) is 9.80 Å². The Balaban J connectivity index is 2.69. The van der Waals surface area contributed by atoms with Gasteiger partial charge in [0.15, 0.2) is 0 Å². The first-order chi connectivity index (χ1) is 6.61. The fourth-order valence-electron chi connectivity index (χ4n) is 1.20. The molecule has 0 aromatic carbocycles. The molecule has 0 aromatic heterocycles. The van der Waals surface area contributed by atoms with E-state index in [0.29, 0.717) is 0 Å². The fourth-order valence-corrected chi connectivity index (χ4v) is 1.20. The smallest absolute Gasteiger partial charge is 0.334 e. The van der Waals surface area contributed by atoms with Gasteiger partial charge in [0.25, 0.3) is 0 Å². The average Bonchev–Trinajstić information content (AvgIpc) is 3.00. The van der Waals surface area contributed by atoms with Crippen molar-refractivity contribution in [1.82, 2.24) is 10.3 Å². The Morgan fingerprint density at radius 3 is 2.50 bits per heavy atom. The van der Waals surface area contributed by atoms with E-state index in [2.05, 4.69) is 10.1 Å². The van der Waals surface area contributed by atoms with E-state index in [1.54, 1.807) is 0 Å². The molecule has 1 unspecified atom stereocenters. The highest BCUT2D eigenvalue weighted by Crippen LogP contribution is 2.26. The monoisotopic (exact) mass is 201 g/mol. The SMILES string of the molecule is CNC(=O)C(C(=O)OC)N(N)C1CC1. The molecule has 3 N–H and O–H groups in total. The Morgan fingerprint density at radius 2 is 2.14 bits per heavy atom. The zero-order chi connectivity index (χ0) is 10.7. The normalized spacial score (nSPS) is 17.7. The van der Waals surface area contributed by atoms with Crippen LogP contribution in [0.15, 0.2) is 0 Å². The van der Waals surface area contributed by atoms with Crippen LogP contribution in [0, 0.1) is 0 Å². The molecule has 1 amide bonds. The van der Waals surface area contributed by atoms with Gasteiger partial charge < -0.3 is 10.1 Å². The molecule has 80 valence electrons. The zero-order valence-electron chi connectivity index (χ0n) is 8.32. The fraction of sp³-hybridized carbons (Fsp3) is 0.750. The molecular formula is C8H15N3O3. The average molecular weight is 201 g/mol. The number of rotatable bonds is 4. The Labute approximate surface area is 82.3 Å². The number of carbonyl (C=O) groups excluding carboxylic acids is 2. The molecular weight excluding hydrogens is 186 g/mol. The van der Waals surface area contributed by atoms with Crippen LogP contribution in [-0.2, 0) is 14.3 Å². The molecule has 0 radical (unpaired) electrons. The molecule has 0 bridgehead atoms. The molecule has 1 aliphatic rings. The minimum Gasteiger partial charge on any atom is -0.467 e. The van der Waals surface area contributed by atoms with E-state index < -0.39 is 17.9 Å². The number of hydrogen-bond donors (Lipinski definition) is 2. The van der Waals surface area contributed by atoms with Gasteiger partial charge in [0.05, 0.1) is 7.11 Å². The highest BCUT2D eigenvalue weighted by atomic mass is 16.5. The minimum absolute atomic E-state index is 0.122. The van der Waals surface area contributed by atoms with Gasteiger partial charge in [0.2, 0.25) is 11.9 Å². The van der Waals surface area contributed by atoms with E-state index in [9.17, 15) is 9.59 Å². The summed E-state index contributed by atoms with van der Waals surface area (Å²) in [5.41, 5.74) is 0. The predicted molar refractivity (Wildman–Crippen MR) is 48.9 cm³/mol. The Bertz CT molecular complexity index is 224. The summed E-state index contributed by atoms with van der Waals surface area (Å²) in [5, 5.41) is 3.65. The lowest BCUT2D eigenvalue weighted by atomic mass is 10.2. The van der Waals surface area contributed by atoms with Crippen molar-refractivity contribution < 1.29 is 14.3 Å². The van der Waals surface area contributed by atoms with Gasteiger partial charge in [-0.05, 0) is 12.8 Å². The molecule has 0 spiro atoms. The molecule has 6 heteroatoms. The number of esters is 1. The molecule has 6 nitrogen and oxygen atoms in total.